The molecule has 1 aromatic carbocycles. The molecule has 0 bridgehead atoms. The Morgan fingerprint density at radius 2 is 2.00 bits per heavy atom. The Morgan fingerprint density at radius 3 is 2.63 bits per heavy atom. The van der Waals surface area contributed by atoms with E-state index in [1.807, 2.05) is 0 Å². The first-order valence-electron chi connectivity index (χ1n) is 7.70. The fraction of sp³-hybridized carbons (Fsp3) is 0.647. The van der Waals surface area contributed by atoms with Crippen LogP contribution in [0.5, 0.6) is 0 Å². The number of hydrogen-bond acceptors (Lipinski definition) is 2. The van der Waals surface area contributed by atoms with Crippen LogP contribution in [0.4, 0.5) is 0 Å². The molecule has 1 saturated heterocycles. The maximum absolute atomic E-state index is 3.73. The van der Waals surface area contributed by atoms with E-state index in [9.17, 15) is 0 Å². The first-order valence-corrected chi connectivity index (χ1v) is 7.70. The van der Waals surface area contributed by atoms with Gasteiger partial charge in [-0.2, -0.15) is 0 Å². The van der Waals surface area contributed by atoms with Gasteiger partial charge >= 0.3 is 0 Å². The van der Waals surface area contributed by atoms with E-state index in [1.54, 1.807) is 0 Å². The lowest BCUT2D eigenvalue weighted by Gasteiger charge is -2.46. The molecule has 2 atom stereocenters. The molecule has 0 aromatic heterocycles. The molecular formula is C17H28N2. The lowest BCUT2D eigenvalue weighted by Crippen LogP contribution is -2.62. The maximum Gasteiger partial charge on any atom is 0.0278 e. The first-order chi connectivity index (χ1) is 9.17. The van der Waals surface area contributed by atoms with Crippen LogP contribution in [0, 0.1) is 0 Å². The van der Waals surface area contributed by atoms with E-state index >= 15 is 0 Å². The van der Waals surface area contributed by atoms with Crippen LogP contribution in [0.1, 0.15) is 39.2 Å². The van der Waals surface area contributed by atoms with E-state index in [0.29, 0.717) is 11.6 Å². The summed E-state index contributed by atoms with van der Waals surface area (Å²) in [7, 11) is 0. The van der Waals surface area contributed by atoms with Gasteiger partial charge in [0.05, 0.1) is 0 Å². The van der Waals surface area contributed by atoms with Gasteiger partial charge in [0.2, 0.25) is 0 Å². The van der Waals surface area contributed by atoms with Gasteiger partial charge in [-0.1, -0.05) is 44.2 Å². The lowest BCUT2D eigenvalue weighted by atomic mass is 9.92. The van der Waals surface area contributed by atoms with Crippen molar-refractivity contribution < 1.29 is 0 Å². The van der Waals surface area contributed by atoms with Gasteiger partial charge in [-0.15, -0.1) is 0 Å². The van der Waals surface area contributed by atoms with Crippen LogP contribution in [-0.2, 0) is 6.42 Å². The zero-order valence-electron chi connectivity index (χ0n) is 12.7. The van der Waals surface area contributed by atoms with Crippen LogP contribution in [-0.4, -0.2) is 36.1 Å². The summed E-state index contributed by atoms with van der Waals surface area (Å²) in [5.74, 6) is 0. The summed E-state index contributed by atoms with van der Waals surface area (Å²) in [5, 5.41) is 3.73. The minimum Gasteiger partial charge on any atom is -0.309 e. The summed E-state index contributed by atoms with van der Waals surface area (Å²) in [6.07, 6.45) is 3.60. The molecule has 1 aromatic rings. The Labute approximate surface area is 118 Å². The van der Waals surface area contributed by atoms with Crippen molar-refractivity contribution in [2.24, 2.45) is 0 Å². The van der Waals surface area contributed by atoms with E-state index in [4.69, 9.17) is 0 Å². The molecule has 1 heterocycles. The summed E-state index contributed by atoms with van der Waals surface area (Å²) in [4.78, 5) is 2.69. The molecule has 2 unspecified atom stereocenters. The van der Waals surface area contributed by atoms with Crippen molar-refractivity contribution in [2.45, 2.75) is 51.6 Å². The number of nitrogens with one attached hydrogen (secondary N) is 1. The quantitative estimate of drug-likeness (QED) is 0.875. The molecule has 0 amide bonds. The highest BCUT2D eigenvalue weighted by Crippen LogP contribution is 2.20. The van der Waals surface area contributed by atoms with Crippen molar-refractivity contribution in [1.82, 2.24) is 10.2 Å². The van der Waals surface area contributed by atoms with Crippen molar-refractivity contribution >= 4 is 0 Å². The highest BCUT2D eigenvalue weighted by molar-refractivity contribution is 5.15. The second kappa shape index (κ2) is 6.53. The molecule has 2 heteroatoms. The summed E-state index contributed by atoms with van der Waals surface area (Å²) in [6, 6.07) is 11.5. The average molecular weight is 260 g/mol. The first kappa shape index (κ1) is 14.5. The summed E-state index contributed by atoms with van der Waals surface area (Å²) < 4.78 is 0. The van der Waals surface area contributed by atoms with Gasteiger partial charge in [0.25, 0.3) is 0 Å². The van der Waals surface area contributed by atoms with E-state index in [1.165, 1.54) is 31.5 Å². The van der Waals surface area contributed by atoms with Crippen LogP contribution in [0.2, 0.25) is 0 Å². The highest BCUT2D eigenvalue weighted by Gasteiger charge is 2.33. The van der Waals surface area contributed by atoms with Crippen molar-refractivity contribution in [3.05, 3.63) is 35.9 Å². The van der Waals surface area contributed by atoms with Gasteiger partial charge in [0.15, 0.2) is 0 Å². The monoisotopic (exact) mass is 260 g/mol. The van der Waals surface area contributed by atoms with E-state index in [2.05, 4.69) is 61.3 Å². The Bertz CT molecular complexity index is 376. The van der Waals surface area contributed by atoms with Gasteiger partial charge < -0.3 is 5.32 Å². The van der Waals surface area contributed by atoms with Gasteiger partial charge in [0.1, 0.15) is 0 Å². The number of benzene rings is 1. The minimum atomic E-state index is 0.294. The van der Waals surface area contributed by atoms with Crippen molar-refractivity contribution in [1.29, 1.82) is 0 Å². The molecule has 1 fully saturated rings. The fourth-order valence-electron chi connectivity index (χ4n) is 2.94. The molecule has 2 rings (SSSR count). The lowest BCUT2D eigenvalue weighted by molar-refractivity contribution is 0.0832. The predicted molar refractivity (Wildman–Crippen MR) is 82.5 cm³/mol. The second-order valence-electron chi connectivity index (χ2n) is 6.06. The molecular weight excluding hydrogens is 232 g/mol. The third kappa shape index (κ3) is 3.80. The molecule has 106 valence electrons. The Balaban J connectivity index is 1.95. The van der Waals surface area contributed by atoms with Crippen molar-refractivity contribution in [3.8, 4) is 0 Å². The second-order valence-corrected chi connectivity index (χ2v) is 6.06. The third-order valence-corrected chi connectivity index (χ3v) is 4.62. The summed E-state index contributed by atoms with van der Waals surface area (Å²) >= 11 is 0. The van der Waals surface area contributed by atoms with E-state index < -0.39 is 0 Å². The SMILES string of the molecule is CCC1CNC(C)(CC)CN1CCc1ccccc1. The van der Waals surface area contributed by atoms with Crippen LogP contribution < -0.4 is 5.32 Å². The van der Waals surface area contributed by atoms with E-state index in [-0.39, 0.29) is 0 Å². The zero-order chi connectivity index (χ0) is 13.7. The summed E-state index contributed by atoms with van der Waals surface area (Å²) in [6.45, 7) is 10.4. The summed E-state index contributed by atoms with van der Waals surface area (Å²) in [5.41, 5.74) is 1.75. The number of rotatable bonds is 5. The highest BCUT2D eigenvalue weighted by atomic mass is 15.2. The molecule has 0 radical (unpaired) electrons. The smallest absolute Gasteiger partial charge is 0.0278 e. The molecule has 1 N–H and O–H groups in total. The molecule has 1 aliphatic heterocycles. The Kier molecular flexibility index (Phi) is 5.00. The Hall–Kier alpha value is -0.860. The maximum atomic E-state index is 3.73. The topological polar surface area (TPSA) is 15.3 Å². The van der Waals surface area contributed by atoms with Crippen molar-refractivity contribution in [2.75, 3.05) is 19.6 Å². The average Bonchev–Trinajstić information content (AvgIpc) is 2.46. The molecule has 0 saturated carbocycles. The van der Waals surface area contributed by atoms with E-state index in [0.717, 1.165) is 13.0 Å². The largest absolute Gasteiger partial charge is 0.309 e. The minimum absolute atomic E-state index is 0.294. The van der Waals surface area contributed by atoms with Crippen LogP contribution in [0.3, 0.4) is 0 Å². The standard InChI is InChI=1S/C17H28N2/c1-4-16-13-18-17(3,5-2)14-19(16)12-11-15-9-7-6-8-10-15/h6-10,16,18H,4-5,11-14H2,1-3H3. The van der Waals surface area contributed by atoms with Crippen molar-refractivity contribution in [3.63, 3.8) is 0 Å². The fourth-order valence-corrected chi connectivity index (χ4v) is 2.94. The third-order valence-electron chi connectivity index (χ3n) is 4.62. The molecule has 2 nitrogen and oxygen atoms in total. The molecule has 1 aliphatic rings. The normalized spacial score (nSPS) is 28.5. The number of piperazine rings is 1. The van der Waals surface area contributed by atoms with Gasteiger partial charge in [0, 0.05) is 31.2 Å². The Morgan fingerprint density at radius 1 is 1.26 bits per heavy atom. The molecule has 0 aliphatic carbocycles. The zero-order valence-corrected chi connectivity index (χ0v) is 12.7. The van der Waals surface area contributed by atoms with Gasteiger partial charge in [-0.05, 0) is 31.7 Å². The molecule has 19 heavy (non-hydrogen) atoms. The van der Waals surface area contributed by atoms with Crippen LogP contribution >= 0.6 is 0 Å². The van der Waals surface area contributed by atoms with Gasteiger partial charge in [-0.25, -0.2) is 0 Å². The van der Waals surface area contributed by atoms with Crippen LogP contribution in [0.15, 0.2) is 30.3 Å². The number of nitrogens with zero attached hydrogens (tertiary/aromatic N) is 1. The van der Waals surface area contributed by atoms with Gasteiger partial charge in [-0.3, -0.25) is 4.90 Å². The number of hydrogen-bond donors (Lipinski definition) is 1. The molecule has 0 spiro atoms. The van der Waals surface area contributed by atoms with Crippen LogP contribution in [0.25, 0.3) is 0 Å². The predicted octanol–water partition coefficient (Wildman–Crippen LogP) is 3.08.